The van der Waals surface area contributed by atoms with Crippen LogP contribution in [0.15, 0.2) is 54.7 Å². The Balaban J connectivity index is 1.61. The number of hydrogen-bond donors (Lipinski definition) is 2. The first-order valence-electron chi connectivity index (χ1n) is 8.37. The fourth-order valence-corrected chi connectivity index (χ4v) is 2.73. The van der Waals surface area contributed by atoms with Crippen LogP contribution >= 0.6 is 11.6 Å². The van der Waals surface area contributed by atoms with Gasteiger partial charge in [0, 0.05) is 23.5 Å². The Bertz CT molecular complexity index is 885. The number of halogens is 1. The molecule has 0 unspecified atom stereocenters. The summed E-state index contributed by atoms with van der Waals surface area (Å²) in [5, 5.41) is 7.21. The summed E-state index contributed by atoms with van der Waals surface area (Å²) < 4.78 is 5.37. The minimum atomic E-state index is 0.572. The van der Waals surface area contributed by atoms with Crippen LogP contribution in [0.25, 0.3) is 0 Å². The van der Waals surface area contributed by atoms with Gasteiger partial charge in [-0.25, -0.2) is 4.98 Å². The third-order valence-electron chi connectivity index (χ3n) is 3.97. The minimum Gasteiger partial charge on any atom is -0.496 e. The largest absolute Gasteiger partial charge is 0.496 e. The van der Waals surface area contributed by atoms with Crippen LogP contribution < -0.4 is 15.4 Å². The van der Waals surface area contributed by atoms with Gasteiger partial charge in [0.25, 0.3) is 0 Å². The molecule has 2 aromatic carbocycles. The van der Waals surface area contributed by atoms with Gasteiger partial charge in [-0.2, -0.15) is 4.98 Å². The molecule has 3 rings (SSSR count). The average Bonchev–Trinajstić information content (AvgIpc) is 2.65. The standard InChI is InChI=1S/C20H21ClN4O/c1-14-7-8-16(13-17(14)21)24-19-10-12-23-20(25-19)22-11-9-15-5-3-4-6-18(15)26-2/h3-8,10,12-13H,9,11H2,1-2H3,(H2,22,23,24,25). The van der Waals surface area contributed by atoms with Crippen molar-refractivity contribution < 1.29 is 4.74 Å². The summed E-state index contributed by atoms with van der Waals surface area (Å²) in [6.45, 7) is 2.68. The number of ether oxygens (including phenoxy) is 1. The SMILES string of the molecule is COc1ccccc1CCNc1nccc(Nc2ccc(C)c(Cl)c2)n1. The highest BCUT2D eigenvalue weighted by molar-refractivity contribution is 6.31. The molecule has 5 nitrogen and oxygen atoms in total. The molecule has 0 amide bonds. The van der Waals surface area contributed by atoms with E-state index in [1.165, 1.54) is 0 Å². The van der Waals surface area contributed by atoms with E-state index in [1.807, 2.05) is 49.4 Å². The Morgan fingerprint density at radius 1 is 1.12 bits per heavy atom. The summed E-state index contributed by atoms with van der Waals surface area (Å²) in [6, 6.07) is 15.6. The number of para-hydroxylation sites is 1. The normalized spacial score (nSPS) is 10.4. The van der Waals surface area contributed by atoms with Gasteiger partial charge in [0.1, 0.15) is 11.6 Å². The van der Waals surface area contributed by atoms with Crippen molar-refractivity contribution in [2.75, 3.05) is 24.3 Å². The molecule has 0 bridgehead atoms. The quantitative estimate of drug-likeness (QED) is 0.624. The van der Waals surface area contributed by atoms with Crippen LogP contribution in [0.4, 0.5) is 17.5 Å². The number of rotatable bonds is 7. The molecular formula is C20H21ClN4O. The third-order valence-corrected chi connectivity index (χ3v) is 4.38. The number of anilines is 3. The molecule has 0 aliphatic carbocycles. The van der Waals surface area contributed by atoms with Gasteiger partial charge in [0.05, 0.1) is 7.11 Å². The van der Waals surface area contributed by atoms with E-state index in [1.54, 1.807) is 13.3 Å². The molecular weight excluding hydrogens is 348 g/mol. The van der Waals surface area contributed by atoms with E-state index in [4.69, 9.17) is 16.3 Å². The fourth-order valence-electron chi connectivity index (χ4n) is 2.55. The van der Waals surface area contributed by atoms with E-state index < -0.39 is 0 Å². The van der Waals surface area contributed by atoms with Gasteiger partial charge in [-0.3, -0.25) is 0 Å². The summed E-state index contributed by atoms with van der Waals surface area (Å²) in [6.07, 6.45) is 2.54. The van der Waals surface area contributed by atoms with Crippen molar-refractivity contribution >= 4 is 29.1 Å². The Morgan fingerprint density at radius 3 is 2.77 bits per heavy atom. The Kier molecular flexibility index (Phi) is 5.92. The molecule has 6 heteroatoms. The van der Waals surface area contributed by atoms with Crippen LogP contribution in [0.3, 0.4) is 0 Å². The first kappa shape index (κ1) is 18.0. The van der Waals surface area contributed by atoms with E-state index in [2.05, 4.69) is 26.7 Å². The zero-order valence-electron chi connectivity index (χ0n) is 14.8. The zero-order chi connectivity index (χ0) is 18.4. The zero-order valence-corrected chi connectivity index (χ0v) is 15.5. The van der Waals surface area contributed by atoms with E-state index in [9.17, 15) is 0 Å². The molecule has 0 aliphatic heterocycles. The van der Waals surface area contributed by atoms with Gasteiger partial charge in [-0.1, -0.05) is 35.9 Å². The number of benzene rings is 2. The van der Waals surface area contributed by atoms with E-state index in [-0.39, 0.29) is 0 Å². The van der Waals surface area contributed by atoms with Crippen molar-refractivity contribution in [3.63, 3.8) is 0 Å². The lowest BCUT2D eigenvalue weighted by molar-refractivity contribution is 0.410. The number of hydrogen-bond acceptors (Lipinski definition) is 5. The number of aromatic nitrogens is 2. The molecule has 134 valence electrons. The second kappa shape index (κ2) is 8.54. The van der Waals surface area contributed by atoms with Crippen LogP contribution in [-0.2, 0) is 6.42 Å². The van der Waals surface area contributed by atoms with Crippen molar-refractivity contribution in [1.82, 2.24) is 9.97 Å². The van der Waals surface area contributed by atoms with Gasteiger partial charge in [-0.05, 0) is 48.7 Å². The topological polar surface area (TPSA) is 59.1 Å². The molecule has 1 aromatic heterocycles. The van der Waals surface area contributed by atoms with Gasteiger partial charge >= 0.3 is 0 Å². The molecule has 3 aromatic rings. The summed E-state index contributed by atoms with van der Waals surface area (Å²) in [4.78, 5) is 8.75. The smallest absolute Gasteiger partial charge is 0.224 e. The van der Waals surface area contributed by atoms with Crippen LogP contribution in [0.5, 0.6) is 5.75 Å². The number of nitrogens with one attached hydrogen (secondary N) is 2. The highest BCUT2D eigenvalue weighted by Gasteiger charge is 2.04. The van der Waals surface area contributed by atoms with Gasteiger partial charge in [-0.15, -0.1) is 0 Å². The van der Waals surface area contributed by atoms with Crippen molar-refractivity contribution in [3.05, 3.63) is 70.9 Å². The monoisotopic (exact) mass is 368 g/mol. The molecule has 0 atom stereocenters. The maximum atomic E-state index is 6.17. The van der Waals surface area contributed by atoms with Gasteiger partial charge in [0.15, 0.2) is 0 Å². The lowest BCUT2D eigenvalue weighted by Crippen LogP contribution is -2.09. The molecule has 0 aliphatic rings. The molecule has 2 N–H and O–H groups in total. The predicted molar refractivity (Wildman–Crippen MR) is 107 cm³/mol. The van der Waals surface area contributed by atoms with Crippen molar-refractivity contribution in [2.45, 2.75) is 13.3 Å². The summed E-state index contributed by atoms with van der Waals surface area (Å²) in [5.41, 5.74) is 3.07. The van der Waals surface area contributed by atoms with Gasteiger partial charge < -0.3 is 15.4 Å². The highest BCUT2D eigenvalue weighted by Crippen LogP contribution is 2.22. The number of nitrogens with zero attached hydrogens (tertiary/aromatic N) is 2. The van der Waals surface area contributed by atoms with Crippen LogP contribution in [0.1, 0.15) is 11.1 Å². The number of aryl methyl sites for hydroxylation is 1. The molecule has 0 spiro atoms. The van der Waals surface area contributed by atoms with Crippen molar-refractivity contribution in [1.29, 1.82) is 0 Å². The third kappa shape index (κ3) is 4.64. The molecule has 0 radical (unpaired) electrons. The Hall–Kier alpha value is -2.79. The minimum absolute atomic E-state index is 0.572. The molecule has 1 heterocycles. The maximum Gasteiger partial charge on any atom is 0.224 e. The second-order valence-electron chi connectivity index (χ2n) is 5.84. The van der Waals surface area contributed by atoms with Crippen LogP contribution in [0.2, 0.25) is 5.02 Å². The highest BCUT2D eigenvalue weighted by atomic mass is 35.5. The van der Waals surface area contributed by atoms with Crippen LogP contribution in [0, 0.1) is 6.92 Å². The predicted octanol–water partition coefficient (Wildman–Crippen LogP) is 4.85. The van der Waals surface area contributed by atoms with Crippen molar-refractivity contribution in [3.8, 4) is 5.75 Å². The summed E-state index contributed by atoms with van der Waals surface area (Å²) >= 11 is 6.17. The molecule has 0 saturated carbocycles. The van der Waals surface area contributed by atoms with E-state index in [0.717, 1.165) is 34.0 Å². The molecule has 0 saturated heterocycles. The van der Waals surface area contributed by atoms with Gasteiger partial charge in [0.2, 0.25) is 5.95 Å². The summed E-state index contributed by atoms with van der Waals surface area (Å²) in [5.74, 6) is 2.17. The average molecular weight is 369 g/mol. The maximum absolute atomic E-state index is 6.17. The lowest BCUT2D eigenvalue weighted by atomic mass is 10.1. The summed E-state index contributed by atoms with van der Waals surface area (Å²) in [7, 11) is 1.68. The first-order valence-corrected chi connectivity index (χ1v) is 8.75. The van der Waals surface area contributed by atoms with Crippen LogP contribution in [-0.4, -0.2) is 23.6 Å². The number of methoxy groups -OCH3 is 1. The van der Waals surface area contributed by atoms with Crippen molar-refractivity contribution in [2.24, 2.45) is 0 Å². The first-order chi connectivity index (χ1) is 12.7. The fraction of sp³-hybridized carbons (Fsp3) is 0.200. The lowest BCUT2D eigenvalue weighted by Gasteiger charge is -2.10. The van der Waals surface area contributed by atoms with E-state index in [0.29, 0.717) is 18.3 Å². The molecule has 26 heavy (non-hydrogen) atoms. The van der Waals surface area contributed by atoms with E-state index >= 15 is 0 Å². The Labute approximate surface area is 158 Å². The molecule has 0 fully saturated rings. The Morgan fingerprint density at radius 2 is 1.96 bits per heavy atom. The second-order valence-corrected chi connectivity index (χ2v) is 6.25.